The predicted octanol–water partition coefficient (Wildman–Crippen LogP) is 0.529. The summed E-state index contributed by atoms with van der Waals surface area (Å²) in [5.41, 5.74) is 4.65. The Kier molecular flexibility index (Phi) is 3.40. The third kappa shape index (κ3) is 2.07. The molecule has 0 aromatic carbocycles. The molecule has 2 unspecified atom stereocenters. The summed E-state index contributed by atoms with van der Waals surface area (Å²) in [6.45, 7) is 0. The molecule has 10 heteroatoms. The number of aromatic nitrogens is 4. The topological polar surface area (TPSA) is 164 Å². The zero-order valence-corrected chi connectivity index (χ0v) is 13.7. The van der Waals surface area contributed by atoms with E-state index in [2.05, 4.69) is 15.0 Å². The number of aliphatic carboxylic acids is 2. The molecule has 10 nitrogen and oxygen atoms in total. The van der Waals surface area contributed by atoms with Crippen molar-refractivity contribution in [1.82, 2.24) is 19.5 Å². The Labute approximate surface area is 146 Å². The van der Waals surface area contributed by atoms with Gasteiger partial charge in [-0.3, -0.25) is 19.4 Å². The largest absolute Gasteiger partial charge is 0.481 e. The smallest absolute Gasteiger partial charge is 0.313 e. The van der Waals surface area contributed by atoms with Gasteiger partial charge in [0.2, 0.25) is 5.95 Å². The van der Waals surface area contributed by atoms with Crippen molar-refractivity contribution < 1.29 is 19.8 Å². The van der Waals surface area contributed by atoms with Gasteiger partial charge in [0, 0.05) is 0 Å². The molecule has 1 fully saturated rings. The van der Waals surface area contributed by atoms with Crippen LogP contribution in [0.5, 0.6) is 0 Å². The van der Waals surface area contributed by atoms with E-state index in [1.807, 2.05) is 0 Å². The summed E-state index contributed by atoms with van der Waals surface area (Å²) in [7, 11) is 0. The van der Waals surface area contributed by atoms with E-state index in [1.54, 1.807) is 6.08 Å². The molecule has 136 valence electrons. The monoisotopic (exact) mass is 359 g/mol. The van der Waals surface area contributed by atoms with Crippen LogP contribution in [0.1, 0.15) is 31.7 Å². The van der Waals surface area contributed by atoms with E-state index in [4.69, 9.17) is 5.73 Å². The van der Waals surface area contributed by atoms with Gasteiger partial charge in [-0.2, -0.15) is 4.98 Å². The van der Waals surface area contributed by atoms with Crippen molar-refractivity contribution in [3.8, 4) is 0 Å². The Balaban J connectivity index is 1.97. The summed E-state index contributed by atoms with van der Waals surface area (Å²) in [4.78, 5) is 46.4. The summed E-state index contributed by atoms with van der Waals surface area (Å²) >= 11 is 0. The Hall–Kier alpha value is -3.17. The van der Waals surface area contributed by atoms with E-state index in [0.29, 0.717) is 6.42 Å². The van der Waals surface area contributed by atoms with Crippen molar-refractivity contribution in [2.75, 3.05) is 5.73 Å². The van der Waals surface area contributed by atoms with E-state index in [9.17, 15) is 24.6 Å². The zero-order chi connectivity index (χ0) is 18.6. The lowest BCUT2D eigenvalue weighted by atomic mass is 9.70. The number of nitrogens with two attached hydrogens (primary N) is 1. The van der Waals surface area contributed by atoms with Crippen LogP contribution in [0, 0.1) is 11.3 Å². The van der Waals surface area contributed by atoms with Gasteiger partial charge < -0.3 is 20.5 Å². The fraction of sp³-hybridized carbons (Fsp3) is 0.438. The Morgan fingerprint density at radius 1 is 1.42 bits per heavy atom. The highest BCUT2D eigenvalue weighted by atomic mass is 16.4. The maximum Gasteiger partial charge on any atom is 0.313 e. The lowest BCUT2D eigenvalue weighted by Gasteiger charge is -2.35. The summed E-state index contributed by atoms with van der Waals surface area (Å²) < 4.78 is 1.46. The first-order valence-electron chi connectivity index (χ1n) is 8.22. The Bertz CT molecular complexity index is 1020. The number of imidazole rings is 1. The highest BCUT2D eigenvalue weighted by molar-refractivity contribution is 5.85. The first kappa shape index (κ1) is 16.3. The van der Waals surface area contributed by atoms with Crippen molar-refractivity contribution in [3.63, 3.8) is 0 Å². The molecule has 0 bridgehead atoms. The minimum atomic E-state index is -1.55. The van der Waals surface area contributed by atoms with E-state index in [1.165, 1.54) is 10.9 Å². The molecule has 0 aliphatic heterocycles. The summed E-state index contributed by atoms with van der Waals surface area (Å²) in [5, 5.41) is 19.5. The van der Waals surface area contributed by atoms with Crippen LogP contribution in [-0.2, 0) is 9.59 Å². The number of carboxylic acids is 2. The van der Waals surface area contributed by atoms with Gasteiger partial charge in [0.05, 0.1) is 18.8 Å². The molecule has 2 aliphatic rings. The number of nitrogens with zero attached hydrogens (tertiary/aromatic N) is 3. The first-order chi connectivity index (χ1) is 12.3. The molecular formula is C16H17N5O5. The number of allylic oxidation sites excluding steroid dienone is 2. The van der Waals surface area contributed by atoms with Crippen LogP contribution in [0.4, 0.5) is 5.95 Å². The predicted molar refractivity (Wildman–Crippen MR) is 89.3 cm³/mol. The third-order valence-electron chi connectivity index (χ3n) is 5.52. The van der Waals surface area contributed by atoms with Crippen molar-refractivity contribution in [2.45, 2.75) is 31.7 Å². The minimum Gasteiger partial charge on any atom is -0.481 e. The van der Waals surface area contributed by atoms with Crippen LogP contribution in [0.2, 0.25) is 0 Å². The highest BCUT2D eigenvalue weighted by Gasteiger charge is 2.59. The highest BCUT2D eigenvalue weighted by Crippen LogP contribution is 2.58. The molecule has 0 spiro atoms. The molecular weight excluding hydrogens is 342 g/mol. The first-order valence-corrected chi connectivity index (χ1v) is 8.22. The molecule has 3 atom stereocenters. The second kappa shape index (κ2) is 5.41. The quantitative estimate of drug-likeness (QED) is 0.574. The molecule has 2 heterocycles. The number of anilines is 1. The second-order valence-electron chi connectivity index (χ2n) is 6.82. The van der Waals surface area contributed by atoms with E-state index in [-0.39, 0.29) is 23.0 Å². The van der Waals surface area contributed by atoms with Crippen LogP contribution in [0.3, 0.4) is 0 Å². The molecule has 0 amide bonds. The number of carboxylic acid groups (broad SMARTS) is 2. The van der Waals surface area contributed by atoms with Crippen LogP contribution < -0.4 is 11.3 Å². The number of hydrogen-bond donors (Lipinski definition) is 4. The number of aromatic amines is 1. The van der Waals surface area contributed by atoms with Crippen molar-refractivity contribution >= 4 is 29.1 Å². The lowest BCUT2D eigenvalue weighted by molar-refractivity contribution is -0.160. The van der Waals surface area contributed by atoms with Crippen molar-refractivity contribution in [2.24, 2.45) is 11.3 Å². The number of hydrogen-bond acceptors (Lipinski definition) is 6. The third-order valence-corrected chi connectivity index (χ3v) is 5.52. The molecule has 5 N–H and O–H groups in total. The van der Waals surface area contributed by atoms with Gasteiger partial charge in [0.1, 0.15) is 5.41 Å². The standard InChI is InChI=1S/C16H17N5O5/c17-15-19-12-11(13(24)20-15)18-6-21(12)9-4-7-2-1-3-8(7)16(9,14(25)26)5-10(22)23/h4,6,8-9H,1-3,5H2,(H,22,23)(H,25,26)(H3,17,19,20,24)/t8?,9-,16?/m0/s1. The Morgan fingerprint density at radius 2 is 2.19 bits per heavy atom. The number of nitrogen functional groups attached to an aromatic ring is 1. The molecule has 0 radical (unpaired) electrons. The fourth-order valence-corrected chi connectivity index (χ4v) is 4.52. The van der Waals surface area contributed by atoms with Gasteiger partial charge in [-0.25, -0.2) is 4.98 Å². The fourth-order valence-electron chi connectivity index (χ4n) is 4.52. The SMILES string of the molecule is Nc1nc2c(ncn2[C@H]2C=C3CCCC3C2(CC(=O)O)C(=O)O)c(=O)[nH]1. The number of H-pyrrole nitrogens is 1. The summed E-state index contributed by atoms with van der Waals surface area (Å²) in [6, 6.07) is -0.810. The second-order valence-corrected chi connectivity index (χ2v) is 6.82. The lowest BCUT2D eigenvalue weighted by Crippen LogP contribution is -2.43. The molecule has 0 saturated heterocycles. The van der Waals surface area contributed by atoms with Gasteiger partial charge >= 0.3 is 11.9 Å². The minimum absolute atomic E-state index is 0.0317. The van der Waals surface area contributed by atoms with Crippen LogP contribution in [0.15, 0.2) is 22.8 Å². The Morgan fingerprint density at radius 3 is 2.88 bits per heavy atom. The van der Waals surface area contributed by atoms with E-state index in [0.717, 1.165) is 18.4 Å². The molecule has 4 rings (SSSR count). The summed E-state index contributed by atoms with van der Waals surface area (Å²) in [5.74, 6) is -2.84. The maximum absolute atomic E-state index is 12.3. The molecule has 2 aromatic heterocycles. The normalized spacial score (nSPS) is 27.5. The average Bonchev–Trinajstić information content (AvgIpc) is 3.21. The van der Waals surface area contributed by atoms with Gasteiger partial charge in [-0.05, 0) is 25.2 Å². The number of nitrogens with one attached hydrogen (secondary N) is 1. The maximum atomic E-state index is 12.3. The number of fused-ring (bicyclic) bond motifs is 2. The van der Waals surface area contributed by atoms with E-state index >= 15 is 0 Å². The van der Waals surface area contributed by atoms with Gasteiger partial charge in [-0.15, -0.1) is 0 Å². The molecule has 2 aliphatic carbocycles. The van der Waals surface area contributed by atoms with E-state index < -0.39 is 35.4 Å². The van der Waals surface area contributed by atoms with Gasteiger partial charge in [0.15, 0.2) is 11.2 Å². The van der Waals surface area contributed by atoms with Gasteiger partial charge in [-0.1, -0.05) is 11.6 Å². The van der Waals surface area contributed by atoms with Crippen molar-refractivity contribution in [1.29, 1.82) is 0 Å². The van der Waals surface area contributed by atoms with Crippen LogP contribution >= 0.6 is 0 Å². The average molecular weight is 359 g/mol. The van der Waals surface area contributed by atoms with Crippen LogP contribution in [0.25, 0.3) is 11.2 Å². The number of carbonyl (C=O) groups is 2. The molecule has 2 aromatic rings. The van der Waals surface area contributed by atoms with Crippen LogP contribution in [-0.4, -0.2) is 41.7 Å². The van der Waals surface area contributed by atoms with Crippen molar-refractivity contribution in [3.05, 3.63) is 28.3 Å². The van der Waals surface area contributed by atoms with Gasteiger partial charge in [0.25, 0.3) is 5.56 Å². The molecule has 1 saturated carbocycles. The molecule has 26 heavy (non-hydrogen) atoms. The number of rotatable bonds is 4. The zero-order valence-electron chi connectivity index (χ0n) is 13.7. The summed E-state index contributed by atoms with van der Waals surface area (Å²) in [6.07, 6.45) is 4.77.